The van der Waals surface area contributed by atoms with Crippen molar-refractivity contribution in [3.63, 3.8) is 0 Å². The molecule has 2 aromatic carbocycles. The molecular formula is C30H36N5O7P. The van der Waals surface area contributed by atoms with Gasteiger partial charge in [0.15, 0.2) is 5.82 Å². The lowest BCUT2D eigenvalue weighted by molar-refractivity contribution is -0.145. The van der Waals surface area contributed by atoms with Gasteiger partial charge in [-0.15, -0.1) is 0 Å². The van der Waals surface area contributed by atoms with E-state index in [0.717, 1.165) is 5.56 Å². The van der Waals surface area contributed by atoms with Gasteiger partial charge in [-0.3, -0.25) is 9.32 Å². The molecule has 13 heteroatoms. The number of aliphatic hydroxyl groups excluding tert-OH is 1. The minimum absolute atomic E-state index is 0.139. The molecule has 43 heavy (non-hydrogen) atoms. The second kappa shape index (κ2) is 12.8. The minimum Gasteiger partial charge on any atom is -0.465 e. The normalized spacial score (nSPS) is 24.0. The third kappa shape index (κ3) is 6.58. The van der Waals surface area contributed by atoms with E-state index in [4.69, 9.17) is 24.3 Å². The summed E-state index contributed by atoms with van der Waals surface area (Å²) in [5.74, 6) is -0.439. The molecule has 0 bridgehead atoms. The number of carbonyl (C=O) groups is 1. The smallest absolute Gasteiger partial charge is 0.459 e. The van der Waals surface area contributed by atoms with Gasteiger partial charge < -0.3 is 24.8 Å². The second-order valence-electron chi connectivity index (χ2n) is 10.5. The first-order valence-electron chi connectivity index (χ1n) is 14.1. The molecule has 4 N–H and O–H groups in total. The second-order valence-corrected chi connectivity index (χ2v) is 12.2. The Morgan fingerprint density at radius 2 is 1.86 bits per heavy atom. The third-order valence-corrected chi connectivity index (χ3v) is 9.26. The van der Waals surface area contributed by atoms with Crippen LogP contribution in [0, 0.1) is 5.92 Å². The first-order chi connectivity index (χ1) is 20.6. The van der Waals surface area contributed by atoms with E-state index in [1.807, 2.05) is 50.2 Å². The third-order valence-electron chi connectivity index (χ3n) is 7.69. The van der Waals surface area contributed by atoms with Gasteiger partial charge in [0, 0.05) is 5.92 Å². The fraction of sp³-hybridized carbons (Fsp3) is 0.367. The number of fused-ring (bicyclic) bond motifs is 1. The van der Waals surface area contributed by atoms with Crippen LogP contribution in [-0.4, -0.2) is 57.1 Å². The molecule has 1 aliphatic heterocycles. The number of esters is 1. The Morgan fingerprint density at radius 3 is 2.56 bits per heavy atom. The average molecular weight is 610 g/mol. The maximum absolute atomic E-state index is 14.3. The largest absolute Gasteiger partial charge is 0.465 e. The Bertz CT molecular complexity index is 1590. The number of hydrogen-bond donors (Lipinski definition) is 3. The van der Waals surface area contributed by atoms with Crippen LogP contribution in [0.25, 0.3) is 5.52 Å². The first kappa shape index (κ1) is 30.7. The van der Waals surface area contributed by atoms with Gasteiger partial charge in [-0.1, -0.05) is 55.5 Å². The first-order valence-corrected chi connectivity index (χ1v) is 15.6. The maximum Gasteiger partial charge on any atom is 0.459 e. The van der Waals surface area contributed by atoms with E-state index >= 15 is 0 Å². The summed E-state index contributed by atoms with van der Waals surface area (Å²) in [6.45, 7) is 5.22. The van der Waals surface area contributed by atoms with Crippen LogP contribution in [0.3, 0.4) is 0 Å². The molecule has 0 saturated carbocycles. The molecule has 1 unspecified atom stereocenters. The number of ether oxygens (including phenoxy) is 2. The van der Waals surface area contributed by atoms with E-state index < -0.39 is 43.5 Å². The average Bonchev–Trinajstić information content (AvgIpc) is 3.54. The van der Waals surface area contributed by atoms with E-state index in [1.165, 1.54) is 6.33 Å². The number of benzene rings is 2. The van der Waals surface area contributed by atoms with E-state index in [0.29, 0.717) is 17.0 Å². The molecule has 1 aliphatic rings. The monoisotopic (exact) mass is 609 g/mol. The summed E-state index contributed by atoms with van der Waals surface area (Å²) in [5.41, 5.74) is 7.11. The highest BCUT2D eigenvalue weighted by atomic mass is 31.2. The van der Waals surface area contributed by atoms with Crippen molar-refractivity contribution >= 4 is 25.1 Å². The summed E-state index contributed by atoms with van der Waals surface area (Å²) >= 11 is 0. The number of nitrogens with one attached hydrogen (secondary N) is 1. The molecule has 4 aromatic rings. The Kier molecular flexibility index (Phi) is 9.14. The van der Waals surface area contributed by atoms with Gasteiger partial charge in [-0.25, -0.2) is 14.1 Å². The van der Waals surface area contributed by atoms with Gasteiger partial charge in [0.05, 0.1) is 25.0 Å². The summed E-state index contributed by atoms with van der Waals surface area (Å²) < 4.78 is 39.4. The zero-order chi connectivity index (χ0) is 30.6. The quantitative estimate of drug-likeness (QED) is 0.158. The molecule has 0 amide bonds. The summed E-state index contributed by atoms with van der Waals surface area (Å²) in [4.78, 5) is 17.0. The number of aliphatic hydroxyl groups is 1. The van der Waals surface area contributed by atoms with Gasteiger partial charge in [0.25, 0.3) is 0 Å². The summed E-state index contributed by atoms with van der Waals surface area (Å²) in [5, 5.41) is 18.4. The van der Waals surface area contributed by atoms with Crippen LogP contribution in [0.4, 0.5) is 5.82 Å². The summed E-state index contributed by atoms with van der Waals surface area (Å²) in [7, 11) is -4.24. The SMILES string of the molecule is CCOC(=O)[C@H](Cc1ccccc1)NP(=O)(OC[C@H]1O[C@@](C)(c2ccc3c(N)ncnn23)[C@@H](C)[C@@H]1O)Oc1ccccc1. The molecular weight excluding hydrogens is 573 g/mol. The van der Waals surface area contributed by atoms with Crippen molar-refractivity contribution in [2.24, 2.45) is 5.92 Å². The van der Waals surface area contributed by atoms with Crippen LogP contribution in [-0.2, 0) is 35.4 Å². The molecule has 6 atom stereocenters. The Balaban J connectivity index is 1.39. The highest BCUT2D eigenvalue weighted by Gasteiger charge is 2.52. The molecule has 1 fully saturated rings. The zero-order valence-electron chi connectivity index (χ0n) is 24.2. The van der Waals surface area contributed by atoms with Gasteiger partial charge in [0.2, 0.25) is 0 Å². The van der Waals surface area contributed by atoms with Crippen molar-refractivity contribution in [1.29, 1.82) is 0 Å². The van der Waals surface area contributed by atoms with Crippen molar-refractivity contribution in [3.05, 3.63) is 90.4 Å². The maximum atomic E-state index is 14.3. The molecule has 5 rings (SSSR count). The van der Waals surface area contributed by atoms with Gasteiger partial charge in [0.1, 0.15) is 35.3 Å². The Morgan fingerprint density at radius 1 is 1.16 bits per heavy atom. The highest BCUT2D eigenvalue weighted by molar-refractivity contribution is 7.52. The predicted molar refractivity (Wildman–Crippen MR) is 159 cm³/mol. The van der Waals surface area contributed by atoms with Crippen molar-refractivity contribution in [2.45, 2.75) is 51.0 Å². The van der Waals surface area contributed by atoms with Crippen molar-refractivity contribution in [2.75, 3.05) is 18.9 Å². The fourth-order valence-electron chi connectivity index (χ4n) is 5.24. The number of nitrogens with zero attached hydrogens (tertiary/aromatic N) is 3. The van der Waals surface area contributed by atoms with Crippen molar-refractivity contribution in [3.8, 4) is 5.75 Å². The standard InChI is InChI=1S/C30H36N5O7P/c1-4-39-29(37)23(17-21-11-7-5-8-12-21)34-43(38,42-22-13-9-6-10-14-22)40-18-25-27(36)20(2)30(3,41-25)26-16-15-24-28(31)32-19-33-35(24)26/h5-16,19-20,23,25,27,36H,4,17-18H2,1-3H3,(H,34,38)(H2,31,32,33)/t20-,23-,25+,27-,30+,43?/m0/s1. The number of aromatic nitrogens is 3. The van der Waals surface area contributed by atoms with Crippen LogP contribution >= 0.6 is 7.75 Å². The van der Waals surface area contributed by atoms with Crippen LogP contribution < -0.4 is 15.3 Å². The van der Waals surface area contributed by atoms with Gasteiger partial charge >= 0.3 is 13.7 Å². The number of carbonyl (C=O) groups excluding carboxylic acids is 1. The molecule has 0 spiro atoms. The molecule has 0 radical (unpaired) electrons. The highest BCUT2D eigenvalue weighted by Crippen LogP contribution is 2.49. The summed E-state index contributed by atoms with van der Waals surface area (Å²) in [6.07, 6.45) is -0.362. The topological polar surface area (TPSA) is 160 Å². The fourth-order valence-corrected chi connectivity index (χ4v) is 6.74. The van der Waals surface area contributed by atoms with Crippen molar-refractivity contribution in [1.82, 2.24) is 19.7 Å². The van der Waals surface area contributed by atoms with Crippen molar-refractivity contribution < 1.29 is 33.0 Å². The van der Waals surface area contributed by atoms with Gasteiger partial charge in [-0.05, 0) is 50.1 Å². The lowest BCUT2D eigenvalue weighted by Crippen LogP contribution is -2.40. The number of anilines is 1. The zero-order valence-corrected chi connectivity index (χ0v) is 25.1. The lowest BCUT2D eigenvalue weighted by Gasteiger charge is -2.29. The van der Waals surface area contributed by atoms with Crippen LogP contribution in [0.1, 0.15) is 32.0 Å². The molecule has 228 valence electrons. The minimum atomic E-state index is -4.24. The van der Waals surface area contributed by atoms with Crippen LogP contribution in [0.2, 0.25) is 0 Å². The van der Waals surface area contributed by atoms with E-state index in [9.17, 15) is 14.5 Å². The molecule has 1 saturated heterocycles. The Labute approximate surface area is 249 Å². The molecule has 12 nitrogen and oxygen atoms in total. The van der Waals surface area contributed by atoms with E-state index in [1.54, 1.807) is 47.8 Å². The molecule has 3 heterocycles. The predicted octanol–water partition coefficient (Wildman–Crippen LogP) is 3.89. The number of nitrogen functional groups attached to an aromatic ring is 1. The van der Waals surface area contributed by atoms with Crippen LogP contribution in [0.15, 0.2) is 79.1 Å². The van der Waals surface area contributed by atoms with E-state index in [-0.39, 0.29) is 25.4 Å². The number of rotatable bonds is 12. The summed E-state index contributed by atoms with van der Waals surface area (Å²) in [6, 6.07) is 20.3. The number of hydrogen-bond acceptors (Lipinski definition) is 10. The van der Waals surface area contributed by atoms with E-state index in [2.05, 4.69) is 15.2 Å². The number of para-hydroxylation sites is 1. The van der Waals surface area contributed by atoms with Gasteiger partial charge in [-0.2, -0.15) is 10.2 Å². The molecule has 2 aromatic heterocycles. The Hall–Kier alpha value is -3.80. The molecule has 0 aliphatic carbocycles. The number of nitrogens with two attached hydrogens (primary N) is 1. The lowest BCUT2D eigenvalue weighted by atomic mass is 9.85. The van der Waals surface area contributed by atoms with Crippen LogP contribution in [0.5, 0.6) is 5.75 Å².